The topological polar surface area (TPSA) is 46.1 Å². The van der Waals surface area contributed by atoms with Gasteiger partial charge in [-0.15, -0.1) is 0 Å². The minimum absolute atomic E-state index is 0.0440. The summed E-state index contributed by atoms with van der Waals surface area (Å²) in [5.74, 6) is 0.0440. The Bertz CT molecular complexity index is 535. The van der Waals surface area contributed by atoms with Gasteiger partial charge in [0, 0.05) is 31.0 Å². The Labute approximate surface area is 100 Å². The van der Waals surface area contributed by atoms with E-state index >= 15 is 0 Å². The summed E-state index contributed by atoms with van der Waals surface area (Å²) in [7, 11) is 0. The van der Waals surface area contributed by atoms with Crippen molar-refractivity contribution in [3.63, 3.8) is 0 Å². The summed E-state index contributed by atoms with van der Waals surface area (Å²) in [5.41, 5.74) is 2.23. The summed E-state index contributed by atoms with van der Waals surface area (Å²) in [4.78, 5) is 22.3. The molecule has 0 unspecified atom stereocenters. The van der Waals surface area contributed by atoms with Crippen molar-refractivity contribution < 1.29 is 4.79 Å². The molecule has 0 radical (unpaired) electrons. The normalized spacial score (nSPS) is 10.5. The van der Waals surface area contributed by atoms with Crippen molar-refractivity contribution in [2.45, 2.75) is 13.8 Å². The maximum atomic E-state index is 12.1. The lowest BCUT2D eigenvalue weighted by Crippen LogP contribution is -2.30. The molecule has 17 heavy (non-hydrogen) atoms. The number of benzene rings is 1. The summed E-state index contributed by atoms with van der Waals surface area (Å²) in [5, 5.41) is 0. The van der Waals surface area contributed by atoms with Gasteiger partial charge in [-0.25, -0.2) is 0 Å². The van der Waals surface area contributed by atoms with Gasteiger partial charge in [-0.2, -0.15) is 0 Å². The highest BCUT2D eigenvalue weighted by molar-refractivity contribution is 5.97. The van der Waals surface area contributed by atoms with Crippen molar-refractivity contribution in [2.75, 3.05) is 13.1 Å². The number of hydrogen-bond acceptors (Lipinski definition) is 3. The summed E-state index contributed by atoms with van der Waals surface area (Å²) < 4.78 is 0. The van der Waals surface area contributed by atoms with Crippen LogP contribution < -0.4 is 0 Å². The molecule has 0 fully saturated rings. The third-order valence-electron chi connectivity index (χ3n) is 2.77. The second-order valence-electron chi connectivity index (χ2n) is 3.74. The van der Waals surface area contributed by atoms with Crippen LogP contribution in [0, 0.1) is 0 Å². The van der Waals surface area contributed by atoms with E-state index in [1.165, 1.54) is 0 Å². The molecule has 0 spiro atoms. The van der Waals surface area contributed by atoms with Crippen molar-refractivity contribution >= 4 is 16.9 Å². The predicted molar refractivity (Wildman–Crippen MR) is 66.8 cm³/mol. The number of carbonyl (C=O) groups excluding carboxylic acids is 1. The molecule has 1 heterocycles. The van der Waals surface area contributed by atoms with Crippen LogP contribution in [0.5, 0.6) is 0 Å². The van der Waals surface area contributed by atoms with Crippen LogP contribution in [0.3, 0.4) is 0 Å². The number of nitrogens with zero attached hydrogens (tertiary/aromatic N) is 3. The largest absolute Gasteiger partial charge is 0.339 e. The molecule has 2 rings (SSSR count). The van der Waals surface area contributed by atoms with Gasteiger partial charge in [-0.3, -0.25) is 14.8 Å². The van der Waals surface area contributed by atoms with Crippen molar-refractivity contribution in [1.82, 2.24) is 14.9 Å². The Morgan fingerprint density at radius 1 is 1.12 bits per heavy atom. The second kappa shape index (κ2) is 4.91. The lowest BCUT2D eigenvalue weighted by Gasteiger charge is -2.18. The van der Waals surface area contributed by atoms with E-state index in [4.69, 9.17) is 0 Å². The maximum absolute atomic E-state index is 12.1. The zero-order valence-corrected chi connectivity index (χ0v) is 10.1. The van der Waals surface area contributed by atoms with Gasteiger partial charge < -0.3 is 4.90 Å². The fourth-order valence-electron chi connectivity index (χ4n) is 1.79. The first-order valence-corrected chi connectivity index (χ1v) is 5.76. The zero-order chi connectivity index (χ0) is 12.3. The number of hydrogen-bond donors (Lipinski definition) is 0. The summed E-state index contributed by atoms with van der Waals surface area (Å²) in [6.45, 7) is 5.38. The van der Waals surface area contributed by atoms with Crippen molar-refractivity contribution in [3.05, 3.63) is 36.2 Å². The molecule has 1 aromatic heterocycles. The van der Waals surface area contributed by atoms with E-state index < -0.39 is 0 Å². The highest BCUT2D eigenvalue weighted by Crippen LogP contribution is 2.12. The standard InChI is InChI=1S/C13H15N3O/c1-3-16(4-2)13(17)10-5-6-11-12(9-10)15-8-7-14-11/h5-9H,3-4H2,1-2H3. The Balaban J connectivity index is 2.39. The number of amides is 1. The Morgan fingerprint density at radius 3 is 2.41 bits per heavy atom. The van der Waals surface area contributed by atoms with Crippen LogP contribution in [0.1, 0.15) is 24.2 Å². The molecule has 2 aromatic rings. The maximum Gasteiger partial charge on any atom is 0.253 e. The molecular formula is C13H15N3O. The van der Waals surface area contributed by atoms with Crippen LogP contribution in [-0.4, -0.2) is 33.9 Å². The molecule has 0 bridgehead atoms. The van der Waals surface area contributed by atoms with E-state index in [0.717, 1.165) is 11.0 Å². The van der Waals surface area contributed by atoms with E-state index in [0.29, 0.717) is 18.7 Å². The smallest absolute Gasteiger partial charge is 0.253 e. The van der Waals surface area contributed by atoms with Crippen LogP contribution in [0.4, 0.5) is 0 Å². The van der Waals surface area contributed by atoms with Crippen molar-refractivity contribution in [1.29, 1.82) is 0 Å². The first-order chi connectivity index (χ1) is 8.26. The molecule has 1 amide bonds. The van der Waals surface area contributed by atoms with Crippen molar-refractivity contribution in [2.24, 2.45) is 0 Å². The molecule has 0 aliphatic heterocycles. The lowest BCUT2D eigenvalue weighted by atomic mass is 10.1. The summed E-state index contributed by atoms with van der Waals surface area (Å²) >= 11 is 0. The Kier molecular flexibility index (Phi) is 3.32. The molecule has 0 aliphatic rings. The number of rotatable bonds is 3. The highest BCUT2D eigenvalue weighted by Gasteiger charge is 2.12. The van der Waals surface area contributed by atoms with Gasteiger partial charge in [0.15, 0.2) is 0 Å². The molecule has 4 nitrogen and oxygen atoms in total. The fourth-order valence-corrected chi connectivity index (χ4v) is 1.79. The van der Waals surface area contributed by atoms with Crippen LogP contribution >= 0.6 is 0 Å². The molecule has 0 saturated heterocycles. The second-order valence-corrected chi connectivity index (χ2v) is 3.74. The predicted octanol–water partition coefficient (Wildman–Crippen LogP) is 2.11. The van der Waals surface area contributed by atoms with Gasteiger partial charge in [-0.05, 0) is 32.0 Å². The van der Waals surface area contributed by atoms with Gasteiger partial charge in [-0.1, -0.05) is 0 Å². The minimum atomic E-state index is 0.0440. The molecule has 0 N–H and O–H groups in total. The third-order valence-corrected chi connectivity index (χ3v) is 2.77. The minimum Gasteiger partial charge on any atom is -0.339 e. The first-order valence-electron chi connectivity index (χ1n) is 5.76. The van der Waals surface area contributed by atoms with Crippen LogP contribution in [-0.2, 0) is 0 Å². The van der Waals surface area contributed by atoms with Crippen LogP contribution in [0.2, 0.25) is 0 Å². The third kappa shape index (κ3) is 2.25. The van der Waals surface area contributed by atoms with E-state index in [-0.39, 0.29) is 5.91 Å². The molecule has 88 valence electrons. The van der Waals surface area contributed by atoms with Gasteiger partial charge >= 0.3 is 0 Å². The molecule has 0 aliphatic carbocycles. The molecular weight excluding hydrogens is 214 g/mol. The lowest BCUT2D eigenvalue weighted by molar-refractivity contribution is 0.0773. The Morgan fingerprint density at radius 2 is 1.76 bits per heavy atom. The molecule has 0 atom stereocenters. The monoisotopic (exact) mass is 229 g/mol. The fraction of sp³-hybridized carbons (Fsp3) is 0.308. The first kappa shape index (κ1) is 11.5. The molecule has 4 heteroatoms. The van der Waals surface area contributed by atoms with Crippen molar-refractivity contribution in [3.8, 4) is 0 Å². The van der Waals surface area contributed by atoms with E-state index in [1.54, 1.807) is 29.4 Å². The van der Waals surface area contributed by atoms with Gasteiger partial charge in [0.25, 0.3) is 5.91 Å². The Hall–Kier alpha value is -1.97. The van der Waals surface area contributed by atoms with E-state index in [2.05, 4.69) is 9.97 Å². The van der Waals surface area contributed by atoms with E-state index in [9.17, 15) is 4.79 Å². The van der Waals surface area contributed by atoms with Gasteiger partial charge in [0.1, 0.15) is 0 Å². The van der Waals surface area contributed by atoms with Crippen LogP contribution in [0.15, 0.2) is 30.6 Å². The zero-order valence-electron chi connectivity index (χ0n) is 10.1. The van der Waals surface area contributed by atoms with Gasteiger partial charge in [0.2, 0.25) is 0 Å². The van der Waals surface area contributed by atoms with Gasteiger partial charge in [0.05, 0.1) is 11.0 Å². The average molecular weight is 229 g/mol. The quantitative estimate of drug-likeness (QED) is 0.809. The van der Waals surface area contributed by atoms with Crippen LogP contribution in [0.25, 0.3) is 11.0 Å². The molecule has 1 aromatic carbocycles. The number of fused-ring (bicyclic) bond motifs is 1. The highest BCUT2D eigenvalue weighted by atomic mass is 16.2. The van der Waals surface area contributed by atoms with E-state index in [1.807, 2.05) is 19.9 Å². The SMILES string of the molecule is CCN(CC)C(=O)c1ccc2nccnc2c1. The summed E-state index contributed by atoms with van der Waals surface area (Å²) in [6, 6.07) is 5.43. The average Bonchev–Trinajstić information content (AvgIpc) is 2.39. The molecule has 0 saturated carbocycles. The number of carbonyl (C=O) groups is 1. The summed E-state index contributed by atoms with van der Waals surface area (Å²) in [6.07, 6.45) is 3.28. The number of aromatic nitrogens is 2.